The molecule has 0 saturated heterocycles. The lowest BCUT2D eigenvalue weighted by Gasteiger charge is -2.04. The third-order valence-corrected chi connectivity index (χ3v) is 4.03. The molecule has 2 aromatic heterocycles. The maximum absolute atomic E-state index is 9.33. The second-order valence-corrected chi connectivity index (χ2v) is 5.96. The first-order chi connectivity index (χ1) is 12.6. The molecule has 0 radical (unpaired) electrons. The molecule has 2 aromatic carbocycles. The summed E-state index contributed by atoms with van der Waals surface area (Å²) in [5.41, 5.74) is 9.22. The van der Waals surface area contributed by atoms with Crippen molar-refractivity contribution in [1.82, 2.24) is 14.6 Å². The lowest BCUT2D eigenvalue weighted by atomic mass is 10.1. The highest BCUT2D eigenvalue weighted by molar-refractivity contribution is 6.30. The number of nitrogens with zero attached hydrogens (tertiary/aromatic N) is 5. The van der Waals surface area contributed by atoms with Gasteiger partial charge in [0.15, 0.2) is 17.2 Å². The molecule has 0 aliphatic heterocycles. The second-order valence-electron chi connectivity index (χ2n) is 5.52. The summed E-state index contributed by atoms with van der Waals surface area (Å²) in [6.07, 6.45) is 1.67. The summed E-state index contributed by atoms with van der Waals surface area (Å²) in [4.78, 5) is 4.33. The summed E-state index contributed by atoms with van der Waals surface area (Å²) >= 11 is 5.96. The van der Waals surface area contributed by atoms with E-state index in [2.05, 4.69) is 20.3 Å². The van der Waals surface area contributed by atoms with Crippen LogP contribution in [0.1, 0.15) is 0 Å². The molecule has 2 heterocycles. The predicted molar refractivity (Wildman–Crippen MR) is 100 cm³/mol. The first-order valence-corrected chi connectivity index (χ1v) is 8.09. The van der Waals surface area contributed by atoms with Crippen LogP contribution in [0.5, 0.6) is 5.75 Å². The zero-order valence-electron chi connectivity index (χ0n) is 13.4. The van der Waals surface area contributed by atoms with Gasteiger partial charge in [0.25, 0.3) is 0 Å². The Bertz CT molecular complexity index is 1100. The maximum atomic E-state index is 9.33. The van der Waals surface area contributed by atoms with Crippen LogP contribution in [-0.2, 0) is 0 Å². The average molecular weight is 365 g/mol. The molecule has 26 heavy (non-hydrogen) atoms. The van der Waals surface area contributed by atoms with Crippen molar-refractivity contribution in [3.63, 3.8) is 0 Å². The molecule has 0 saturated carbocycles. The number of hydrogen-bond donors (Lipinski definition) is 2. The number of benzene rings is 2. The quantitative estimate of drug-likeness (QED) is 0.512. The van der Waals surface area contributed by atoms with Gasteiger partial charge in [0.05, 0.1) is 11.4 Å². The molecule has 7 nitrogen and oxygen atoms in total. The number of aromatic hydroxyl groups is 1. The molecule has 0 aliphatic carbocycles. The topological polar surface area (TPSA) is 101 Å². The number of hydrogen-bond acceptors (Lipinski definition) is 6. The molecule has 0 unspecified atom stereocenters. The van der Waals surface area contributed by atoms with Crippen molar-refractivity contribution >= 4 is 34.4 Å². The minimum Gasteiger partial charge on any atom is -0.508 e. The van der Waals surface area contributed by atoms with Gasteiger partial charge in [0, 0.05) is 16.8 Å². The fraction of sp³-hybridized carbons (Fsp3) is 0. The third-order valence-electron chi connectivity index (χ3n) is 3.78. The SMILES string of the molecule is Nc1nn2c(-c3ccc(Cl)cc3)ccnc2c1N=Nc1ccc(O)cc1. The predicted octanol–water partition coefficient (Wildman–Crippen LogP) is 4.75. The number of nitrogen functional groups attached to an aromatic ring is 1. The zero-order valence-corrected chi connectivity index (χ0v) is 14.2. The van der Waals surface area contributed by atoms with Crippen LogP contribution >= 0.6 is 11.6 Å². The van der Waals surface area contributed by atoms with E-state index < -0.39 is 0 Å². The van der Waals surface area contributed by atoms with Gasteiger partial charge in [-0.3, -0.25) is 0 Å². The Hall–Kier alpha value is -3.45. The Labute approximate surface area is 153 Å². The van der Waals surface area contributed by atoms with Gasteiger partial charge in [-0.1, -0.05) is 23.7 Å². The van der Waals surface area contributed by atoms with Gasteiger partial charge in [-0.15, -0.1) is 10.2 Å². The Balaban J connectivity index is 1.79. The summed E-state index contributed by atoms with van der Waals surface area (Å²) in [7, 11) is 0. The van der Waals surface area contributed by atoms with E-state index in [1.807, 2.05) is 18.2 Å². The Morgan fingerprint density at radius 3 is 2.42 bits per heavy atom. The van der Waals surface area contributed by atoms with Crippen LogP contribution in [0.4, 0.5) is 17.2 Å². The standard InChI is InChI=1S/C18H13ClN6O/c19-12-3-1-11(2-4-12)15-9-10-21-18-16(17(20)24-25(15)18)23-22-13-5-7-14(26)8-6-13/h1-10,26H,(H2,20,24). The molecule has 128 valence electrons. The fourth-order valence-corrected chi connectivity index (χ4v) is 2.64. The van der Waals surface area contributed by atoms with E-state index in [1.54, 1.807) is 35.0 Å². The van der Waals surface area contributed by atoms with Crippen molar-refractivity contribution in [3.05, 3.63) is 65.8 Å². The number of nitrogens with two attached hydrogens (primary N) is 1. The summed E-state index contributed by atoms with van der Waals surface area (Å²) in [6.45, 7) is 0. The summed E-state index contributed by atoms with van der Waals surface area (Å²) < 4.78 is 1.63. The van der Waals surface area contributed by atoms with E-state index in [1.165, 1.54) is 12.1 Å². The molecule has 3 N–H and O–H groups in total. The van der Waals surface area contributed by atoms with Crippen LogP contribution in [-0.4, -0.2) is 19.7 Å². The third kappa shape index (κ3) is 2.96. The van der Waals surface area contributed by atoms with Gasteiger partial charge >= 0.3 is 0 Å². The highest BCUT2D eigenvalue weighted by Crippen LogP contribution is 2.31. The van der Waals surface area contributed by atoms with Crippen molar-refractivity contribution in [2.45, 2.75) is 0 Å². The van der Waals surface area contributed by atoms with E-state index >= 15 is 0 Å². The van der Waals surface area contributed by atoms with Crippen molar-refractivity contribution in [2.24, 2.45) is 10.2 Å². The van der Waals surface area contributed by atoms with E-state index in [9.17, 15) is 5.11 Å². The van der Waals surface area contributed by atoms with Crippen LogP contribution in [0, 0.1) is 0 Å². The van der Waals surface area contributed by atoms with Crippen molar-refractivity contribution < 1.29 is 5.11 Å². The van der Waals surface area contributed by atoms with Crippen molar-refractivity contribution in [3.8, 4) is 17.0 Å². The molecule has 0 atom stereocenters. The highest BCUT2D eigenvalue weighted by Gasteiger charge is 2.14. The first kappa shape index (κ1) is 16.0. The zero-order chi connectivity index (χ0) is 18.1. The molecular formula is C18H13ClN6O. The summed E-state index contributed by atoms with van der Waals surface area (Å²) in [6, 6.07) is 15.6. The molecule has 0 bridgehead atoms. The second kappa shape index (κ2) is 6.45. The van der Waals surface area contributed by atoms with E-state index in [0.717, 1.165) is 11.3 Å². The molecule has 0 aliphatic rings. The summed E-state index contributed by atoms with van der Waals surface area (Å²) in [5, 5.41) is 22.7. The molecule has 4 rings (SSSR count). The molecule has 4 aromatic rings. The molecule has 0 amide bonds. The number of halogens is 1. The monoisotopic (exact) mass is 364 g/mol. The van der Waals surface area contributed by atoms with Gasteiger partial charge in [-0.25, -0.2) is 9.50 Å². The Kier molecular flexibility index (Phi) is 3.98. The largest absolute Gasteiger partial charge is 0.508 e. The van der Waals surface area contributed by atoms with Gasteiger partial charge in [-0.2, -0.15) is 5.11 Å². The minimum absolute atomic E-state index is 0.161. The van der Waals surface area contributed by atoms with E-state index in [-0.39, 0.29) is 11.6 Å². The molecular weight excluding hydrogens is 352 g/mol. The van der Waals surface area contributed by atoms with Crippen LogP contribution in [0.25, 0.3) is 16.9 Å². The molecule has 0 fully saturated rings. The Morgan fingerprint density at radius 1 is 0.962 bits per heavy atom. The Morgan fingerprint density at radius 2 is 1.69 bits per heavy atom. The number of phenols is 1. The lowest BCUT2D eigenvalue weighted by Crippen LogP contribution is -1.96. The molecule has 0 spiro atoms. The van der Waals surface area contributed by atoms with Gasteiger partial charge in [0.1, 0.15) is 5.75 Å². The van der Waals surface area contributed by atoms with Crippen LogP contribution in [0.15, 0.2) is 71.0 Å². The smallest absolute Gasteiger partial charge is 0.185 e. The van der Waals surface area contributed by atoms with Crippen LogP contribution in [0.3, 0.4) is 0 Å². The van der Waals surface area contributed by atoms with Crippen LogP contribution in [0.2, 0.25) is 5.02 Å². The van der Waals surface area contributed by atoms with Crippen molar-refractivity contribution in [2.75, 3.05) is 5.73 Å². The van der Waals surface area contributed by atoms with Gasteiger partial charge in [0.2, 0.25) is 0 Å². The lowest BCUT2D eigenvalue weighted by molar-refractivity contribution is 0.475. The highest BCUT2D eigenvalue weighted by atomic mass is 35.5. The fourth-order valence-electron chi connectivity index (χ4n) is 2.51. The van der Waals surface area contributed by atoms with Gasteiger partial charge in [-0.05, 0) is 42.5 Å². The summed E-state index contributed by atoms with van der Waals surface area (Å²) in [5.74, 6) is 0.384. The maximum Gasteiger partial charge on any atom is 0.185 e. The normalized spacial score (nSPS) is 11.4. The number of anilines is 1. The van der Waals surface area contributed by atoms with E-state index in [4.69, 9.17) is 17.3 Å². The number of fused-ring (bicyclic) bond motifs is 1. The van der Waals surface area contributed by atoms with Crippen molar-refractivity contribution in [1.29, 1.82) is 0 Å². The van der Waals surface area contributed by atoms with Crippen LogP contribution < -0.4 is 5.73 Å². The van der Waals surface area contributed by atoms with E-state index in [0.29, 0.717) is 22.0 Å². The average Bonchev–Trinajstić information content (AvgIpc) is 2.97. The molecule has 8 heteroatoms. The number of aromatic nitrogens is 3. The minimum atomic E-state index is 0.161. The van der Waals surface area contributed by atoms with Gasteiger partial charge < -0.3 is 10.8 Å². The first-order valence-electron chi connectivity index (χ1n) is 7.72. The number of rotatable bonds is 3. The number of phenolic OH excluding ortho intramolecular Hbond substituents is 1. The number of azo groups is 1.